The Morgan fingerprint density at radius 2 is 2.29 bits per heavy atom. The summed E-state index contributed by atoms with van der Waals surface area (Å²) in [5, 5.41) is 9.79. The number of rotatable bonds is 2. The quantitative estimate of drug-likeness (QED) is 0.765. The van der Waals surface area contributed by atoms with Gasteiger partial charge in [0.1, 0.15) is 5.82 Å². The number of nitrogen functional groups attached to an aromatic ring is 1. The molecule has 0 aliphatic carbocycles. The summed E-state index contributed by atoms with van der Waals surface area (Å²) < 4.78 is 25.7. The van der Waals surface area contributed by atoms with Gasteiger partial charge in [-0.2, -0.15) is 4.31 Å². The Morgan fingerprint density at radius 1 is 1.59 bits per heavy atom. The second-order valence-corrected chi connectivity index (χ2v) is 6.44. The van der Waals surface area contributed by atoms with Gasteiger partial charge in [0, 0.05) is 25.4 Å². The second kappa shape index (κ2) is 3.94. The van der Waals surface area contributed by atoms with E-state index in [1.54, 1.807) is 6.92 Å². The van der Waals surface area contributed by atoms with Crippen LogP contribution in [0.4, 0.5) is 5.82 Å². The van der Waals surface area contributed by atoms with Crippen LogP contribution < -0.4 is 5.73 Å². The molecule has 0 spiro atoms. The first kappa shape index (κ1) is 12.3. The molecule has 1 unspecified atom stereocenters. The number of nitrogens with two attached hydrogens (primary N) is 1. The fourth-order valence-electron chi connectivity index (χ4n) is 1.85. The minimum absolute atomic E-state index is 0.109. The van der Waals surface area contributed by atoms with Crippen molar-refractivity contribution in [3.63, 3.8) is 0 Å². The van der Waals surface area contributed by atoms with E-state index in [1.807, 2.05) is 0 Å². The molecule has 1 saturated heterocycles. The van der Waals surface area contributed by atoms with Crippen LogP contribution in [0.25, 0.3) is 0 Å². The van der Waals surface area contributed by atoms with Gasteiger partial charge in [-0.05, 0) is 19.4 Å². The van der Waals surface area contributed by atoms with Crippen molar-refractivity contribution in [2.75, 3.05) is 18.8 Å². The smallest absolute Gasteiger partial charge is 0.243 e. The van der Waals surface area contributed by atoms with Gasteiger partial charge in [0.2, 0.25) is 10.0 Å². The molecule has 17 heavy (non-hydrogen) atoms. The van der Waals surface area contributed by atoms with Crippen molar-refractivity contribution in [2.24, 2.45) is 0 Å². The van der Waals surface area contributed by atoms with E-state index in [0.29, 0.717) is 13.0 Å². The molecule has 1 aromatic rings. The molecule has 6 nitrogen and oxygen atoms in total. The van der Waals surface area contributed by atoms with E-state index in [0.717, 1.165) is 0 Å². The summed E-state index contributed by atoms with van der Waals surface area (Å²) in [6, 6.07) is 2.72. The van der Waals surface area contributed by atoms with Gasteiger partial charge >= 0.3 is 0 Å². The molecule has 0 saturated carbocycles. The van der Waals surface area contributed by atoms with E-state index in [2.05, 4.69) is 4.98 Å². The number of aliphatic hydroxyl groups is 1. The molecule has 1 aliphatic heterocycles. The predicted molar refractivity (Wildman–Crippen MR) is 62.6 cm³/mol. The molecule has 0 bridgehead atoms. The van der Waals surface area contributed by atoms with Crippen LogP contribution in [-0.2, 0) is 10.0 Å². The maximum atomic E-state index is 12.2. The molecule has 3 N–H and O–H groups in total. The summed E-state index contributed by atoms with van der Waals surface area (Å²) >= 11 is 0. The summed E-state index contributed by atoms with van der Waals surface area (Å²) in [6.45, 7) is 2.05. The first-order chi connectivity index (χ1) is 7.81. The lowest BCUT2D eigenvalue weighted by molar-refractivity contribution is 0.0762. The van der Waals surface area contributed by atoms with Crippen molar-refractivity contribution >= 4 is 15.8 Å². The molecule has 0 amide bonds. The van der Waals surface area contributed by atoms with Crippen LogP contribution in [-0.4, -0.2) is 41.5 Å². The van der Waals surface area contributed by atoms with Gasteiger partial charge in [0.25, 0.3) is 0 Å². The molecule has 1 aromatic heterocycles. The Bertz CT molecular complexity index is 527. The second-order valence-electron chi connectivity index (χ2n) is 4.50. The number of sulfonamides is 1. The Balaban J connectivity index is 2.32. The molecule has 1 fully saturated rings. The lowest BCUT2D eigenvalue weighted by atomic mass is 10.1. The summed E-state index contributed by atoms with van der Waals surface area (Å²) in [7, 11) is -3.58. The molecule has 2 rings (SSSR count). The van der Waals surface area contributed by atoms with Crippen LogP contribution in [0.2, 0.25) is 0 Å². The van der Waals surface area contributed by atoms with Crippen LogP contribution in [0.15, 0.2) is 23.2 Å². The lowest BCUT2D eigenvalue weighted by Crippen LogP contribution is -2.34. The van der Waals surface area contributed by atoms with Crippen molar-refractivity contribution in [3.05, 3.63) is 18.3 Å². The maximum Gasteiger partial charge on any atom is 0.243 e. The third-order valence-corrected chi connectivity index (χ3v) is 4.65. The Morgan fingerprint density at radius 3 is 2.82 bits per heavy atom. The van der Waals surface area contributed by atoms with Crippen molar-refractivity contribution in [3.8, 4) is 0 Å². The maximum absolute atomic E-state index is 12.2. The summed E-state index contributed by atoms with van der Waals surface area (Å²) in [6.07, 6.45) is 1.79. The zero-order valence-electron chi connectivity index (χ0n) is 9.50. The third-order valence-electron chi connectivity index (χ3n) is 2.81. The standard InChI is InChI=1S/C10H15N3O3S/c1-10(14)3-5-13(7-10)17(15,16)8-2-4-12-9(11)6-8/h2,4,6,14H,3,5,7H2,1H3,(H2,11,12). The van der Waals surface area contributed by atoms with Gasteiger partial charge < -0.3 is 10.8 Å². The van der Waals surface area contributed by atoms with Gasteiger partial charge in [-0.1, -0.05) is 0 Å². The molecule has 94 valence electrons. The van der Waals surface area contributed by atoms with Crippen molar-refractivity contribution in [1.82, 2.24) is 9.29 Å². The van der Waals surface area contributed by atoms with E-state index < -0.39 is 15.6 Å². The SMILES string of the molecule is CC1(O)CCN(S(=O)(=O)c2ccnc(N)c2)C1. The van der Waals surface area contributed by atoms with E-state index >= 15 is 0 Å². The molecular weight excluding hydrogens is 242 g/mol. The largest absolute Gasteiger partial charge is 0.389 e. The van der Waals surface area contributed by atoms with Gasteiger partial charge in [-0.3, -0.25) is 0 Å². The van der Waals surface area contributed by atoms with Crippen molar-refractivity contribution in [1.29, 1.82) is 0 Å². The van der Waals surface area contributed by atoms with Crippen LogP contribution in [0.3, 0.4) is 0 Å². The summed E-state index contributed by atoms with van der Waals surface area (Å²) in [5.74, 6) is 0.164. The van der Waals surface area contributed by atoms with Crippen molar-refractivity contribution in [2.45, 2.75) is 23.8 Å². The highest BCUT2D eigenvalue weighted by Gasteiger charge is 2.38. The topological polar surface area (TPSA) is 96.5 Å². The van der Waals surface area contributed by atoms with E-state index in [1.165, 1.54) is 22.6 Å². The number of aromatic nitrogens is 1. The normalized spacial score (nSPS) is 26.2. The Kier molecular flexibility index (Phi) is 2.84. The highest BCUT2D eigenvalue weighted by atomic mass is 32.2. The lowest BCUT2D eigenvalue weighted by Gasteiger charge is -2.18. The minimum atomic E-state index is -3.58. The van der Waals surface area contributed by atoms with Crippen LogP contribution >= 0.6 is 0 Å². The first-order valence-corrected chi connectivity index (χ1v) is 6.69. The van der Waals surface area contributed by atoms with E-state index in [9.17, 15) is 13.5 Å². The highest BCUT2D eigenvalue weighted by Crippen LogP contribution is 2.26. The van der Waals surface area contributed by atoms with Gasteiger partial charge in [-0.15, -0.1) is 0 Å². The Labute approximate surface area is 100 Å². The minimum Gasteiger partial charge on any atom is -0.389 e. The monoisotopic (exact) mass is 257 g/mol. The molecule has 1 atom stereocenters. The summed E-state index contributed by atoms with van der Waals surface area (Å²) in [4.78, 5) is 3.87. The number of pyridine rings is 1. The number of hydrogen-bond acceptors (Lipinski definition) is 5. The molecule has 0 aromatic carbocycles. The molecule has 1 aliphatic rings. The zero-order chi connectivity index (χ0) is 12.7. The molecular formula is C10H15N3O3S. The third kappa shape index (κ3) is 2.41. The van der Waals surface area contributed by atoms with Gasteiger partial charge in [0.15, 0.2) is 0 Å². The van der Waals surface area contributed by atoms with Crippen molar-refractivity contribution < 1.29 is 13.5 Å². The van der Waals surface area contributed by atoms with Crippen LogP contribution in [0.1, 0.15) is 13.3 Å². The average molecular weight is 257 g/mol. The van der Waals surface area contributed by atoms with Crippen LogP contribution in [0, 0.1) is 0 Å². The average Bonchev–Trinajstić information content (AvgIpc) is 2.59. The number of β-amino-alcohol motifs (C(OH)–C–C–N with tert-alkyl or cyclic N) is 1. The Hall–Kier alpha value is -1.18. The molecule has 7 heteroatoms. The molecule has 2 heterocycles. The summed E-state index contributed by atoms with van der Waals surface area (Å²) in [5.41, 5.74) is 4.51. The number of anilines is 1. The number of hydrogen-bond donors (Lipinski definition) is 2. The number of nitrogens with zero attached hydrogens (tertiary/aromatic N) is 2. The van der Waals surface area contributed by atoms with E-state index in [-0.39, 0.29) is 17.3 Å². The van der Waals surface area contributed by atoms with Gasteiger partial charge in [-0.25, -0.2) is 13.4 Å². The fourth-order valence-corrected chi connectivity index (χ4v) is 3.43. The fraction of sp³-hybridized carbons (Fsp3) is 0.500. The van der Waals surface area contributed by atoms with E-state index in [4.69, 9.17) is 5.73 Å². The highest BCUT2D eigenvalue weighted by molar-refractivity contribution is 7.89. The zero-order valence-corrected chi connectivity index (χ0v) is 10.3. The van der Waals surface area contributed by atoms with Crippen LogP contribution in [0.5, 0.6) is 0 Å². The molecule has 0 radical (unpaired) electrons. The first-order valence-electron chi connectivity index (χ1n) is 5.25. The predicted octanol–water partition coefficient (Wildman–Crippen LogP) is -0.191. The van der Waals surface area contributed by atoms with Gasteiger partial charge in [0.05, 0.1) is 10.5 Å².